The molecule has 0 radical (unpaired) electrons. The van der Waals surface area contributed by atoms with Gasteiger partial charge in [0.15, 0.2) is 0 Å². The molecule has 0 bridgehead atoms. The van der Waals surface area contributed by atoms with Crippen LogP contribution in [-0.4, -0.2) is 57.1 Å². The third kappa shape index (κ3) is 11.3. The Morgan fingerprint density at radius 3 is 1.39 bits per heavy atom. The summed E-state index contributed by atoms with van der Waals surface area (Å²) in [6.45, 7) is 26.2. The van der Waals surface area contributed by atoms with Crippen molar-refractivity contribution in [1.29, 1.82) is 0 Å². The number of hydrogen-bond acceptors (Lipinski definition) is 8. The monoisotopic (exact) mass is 823 g/mol. The number of anilines is 2. The van der Waals surface area contributed by atoms with Crippen molar-refractivity contribution in [2.75, 3.05) is 36.8 Å². The molecule has 326 valence electrons. The molecule has 0 unspecified atom stereocenters. The highest BCUT2D eigenvalue weighted by Gasteiger charge is 2.25. The molecule has 2 fully saturated rings. The van der Waals surface area contributed by atoms with E-state index < -0.39 is 0 Å². The minimum absolute atomic E-state index is 0. The van der Waals surface area contributed by atoms with Crippen LogP contribution in [0.1, 0.15) is 148 Å². The highest BCUT2D eigenvalue weighted by atomic mass is 15.1. The van der Waals surface area contributed by atoms with Crippen molar-refractivity contribution in [3.8, 4) is 0 Å². The van der Waals surface area contributed by atoms with Crippen LogP contribution in [0.4, 0.5) is 11.6 Å². The quantitative estimate of drug-likeness (QED) is 0.133. The molecule has 8 rings (SSSR count). The van der Waals surface area contributed by atoms with Gasteiger partial charge in [-0.15, -0.1) is 0 Å². The maximum atomic E-state index is 4.81. The van der Waals surface area contributed by atoms with Crippen molar-refractivity contribution in [3.63, 3.8) is 0 Å². The maximum absolute atomic E-state index is 4.81. The van der Waals surface area contributed by atoms with E-state index in [0.29, 0.717) is 17.9 Å². The number of aryl methyl sites for hydroxylation is 6. The van der Waals surface area contributed by atoms with Crippen LogP contribution < -0.4 is 16.0 Å². The molecule has 2 saturated heterocycles. The van der Waals surface area contributed by atoms with Gasteiger partial charge in [0.05, 0.1) is 11.0 Å². The van der Waals surface area contributed by atoms with Gasteiger partial charge in [0.1, 0.15) is 23.3 Å². The normalized spacial score (nSPS) is 16.0. The first-order valence-corrected chi connectivity index (χ1v) is 22.0. The number of piperidine rings is 2. The number of nitrogens with one attached hydrogen (secondary N) is 3. The molecular formula is C53H74N8. The van der Waals surface area contributed by atoms with E-state index in [9.17, 15) is 0 Å². The number of aromatic nitrogens is 4. The Bertz CT molecular complexity index is 2390. The second-order valence-corrected chi connectivity index (χ2v) is 17.7. The summed E-state index contributed by atoms with van der Waals surface area (Å²) in [7, 11) is 0. The van der Waals surface area contributed by atoms with Crippen molar-refractivity contribution in [2.45, 2.75) is 140 Å². The first-order chi connectivity index (χ1) is 28.3. The number of fused-ring (bicyclic) bond motifs is 2. The molecule has 0 spiro atoms. The van der Waals surface area contributed by atoms with E-state index in [0.717, 1.165) is 58.2 Å². The lowest BCUT2D eigenvalue weighted by Crippen LogP contribution is -2.37. The van der Waals surface area contributed by atoms with Crippen LogP contribution in [0.3, 0.4) is 0 Å². The van der Waals surface area contributed by atoms with E-state index in [1.165, 1.54) is 83.3 Å². The molecule has 0 saturated carbocycles. The Morgan fingerprint density at radius 2 is 0.984 bits per heavy atom. The van der Waals surface area contributed by atoms with Gasteiger partial charge in [-0.1, -0.05) is 74.5 Å². The summed E-state index contributed by atoms with van der Waals surface area (Å²) in [5, 5.41) is 13.1. The van der Waals surface area contributed by atoms with Gasteiger partial charge >= 0.3 is 0 Å². The van der Waals surface area contributed by atoms with Crippen molar-refractivity contribution in [2.24, 2.45) is 0 Å². The summed E-state index contributed by atoms with van der Waals surface area (Å²) < 4.78 is 0. The van der Waals surface area contributed by atoms with Crippen LogP contribution in [0.25, 0.3) is 21.8 Å². The first-order valence-electron chi connectivity index (χ1n) is 22.0. The average molecular weight is 823 g/mol. The Hall–Kier alpha value is -4.92. The lowest BCUT2D eigenvalue weighted by molar-refractivity contribution is 0.172. The molecular weight excluding hydrogens is 749 g/mol. The molecule has 0 aliphatic carbocycles. The first kappa shape index (κ1) is 47.1. The summed E-state index contributed by atoms with van der Waals surface area (Å²) in [5.74, 6) is 4.73. The number of rotatable bonds is 9. The molecule has 2 atom stereocenters. The molecule has 8 heteroatoms. The van der Waals surface area contributed by atoms with Crippen LogP contribution in [-0.2, 0) is 0 Å². The summed E-state index contributed by atoms with van der Waals surface area (Å²) in [5.41, 5.74) is 12.8. The minimum Gasteiger partial charge on any atom is -0.363 e. The van der Waals surface area contributed by atoms with Crippen molar-refractivity contribution in [3.05, 3.63) is 129 Å². The Labute approximate surface area is 367 Å². The van der Waals surface area contributed by atoms with E-state index in [1.807, 2.05) is 13.8 Å². The lowest BCUT2D eigenvalue weighted by Gasteiger charge is -2.35. The van der Waals surface area contributed by atoms with Gasteiger partial charge in [-0.05, 0) is 191 Å². The Balaban J connectivity index is 0.000000225. The summed E-state index contributed by atoms with van der Waals surface area (Å²) in [6, 6.07) is 27.5. The van der Waals surface area contributed by atoms with Gasteiger partial charge in [0.2, 0.25) is 0 Å². The van der Waals surface area contributed by atoms with Gasteiger partial charge in [-0.2, -0.15) is 0 Å². The standard InChI is InChI=1S/C27H36N4.C24H30N4.2CH4/c1-17(2)31-12-10-22(11-13-31)24-16-25-26(15-19(24)4)29-21(6)30-27(25)28-20(5)23-9-7-8-18(3)14-23;1-15-6-5-7-20(12-15)17(3)26-24-22-14-21(19-8-10-25-11-9-19)16(2)13-23(22)27-18(4)28-24;;/h7-9,14-17,20,22H,10-13H2,1-6H3,(H,28,29,30);5-7,12-14,17,19,25H,8-11H2,1-4H3,(H,26,27,28);2*1H4/t20-;17-;;/m11../s1. The fraction of sp³-hybridized carbons (Fsp3) is 0.472. The SMILES string of the molecule is C.C.Cc1cccc([C@@H](C)Nc2nc(C)nc3cc(C)c(C4CCN(C(C)C)CC4)cc23)c1.Cc1cccc([C@@H](C)Nc2nc(C)nc3cc(C)c(C4CCNCC4)cc23)c1. The molecule has 8 nitrogen and oxygen atoms in total. The maximum Gasteiger partial charge on any atom is 0.138 e. The third-order valence-electron chi connectivity index (χ3n) is 12.7. The zero-order valence-electron chi connectivity index (χ0n) is 37.2. The molecule has 4 heterocycles. The highest BCUT2D eigenvalue weighted by Crippen LogP contribution is 2.36. The molecule has 61 heavy (non-hydrogen) atoms. The molecule has 2 aromatic heterocycles. The second-order valence-electron chi connectivity index (χ2n) is 17.7. The molecule has 0 amide bonds. The lowest BCUT2D eigenvalue weighted by atomic mass is 9.85. The number of benzene rings is 4. The highest BCUT2D eigenvalue weighted by molar-refractivity contribution is 5.91. The van der Waals surface area contributed by atoms with E-state index in [-0.39, 0.29) is 26.9 Å². The molecule has 3 N–H and O–H groups in total. The Kier molecular flexibility index (Phi) is 16.0. The fourth-order valence-electron chi connectivity index (χ4n) is 9.24. The topological polar surface area (TPSA) is 90.9 Å². The van der Waals surface area contributed by atoms with E-state index >= 15 is 0 Å². The number of hydrogen-bond donors (Lipinski definition) is 3. The van der Waals surface area contributed by atoms with Gasteiger partial charge in [0.25, 0.3) is 0 Å². The zero-order valence-corrected chi connectivity index (χ0v) is 37.2. The molecule has 2 aliphatic rings. The van der Waals surface area contributed by atoms with Crippen molar-refractivity contribution >= 4 is 33.4 Å². The molecule has 4 aromatic carbocycles. The van der Waals surface area contributed by atoms with Crippen molar-refractivity contribution in [1.82, 2.24) is 30.2 Å². The summed E-state index contributed by atoms with van der Waals surface area (Å²) in [6.07, 6.45) is 4.84. The summed E-state index contributed by atoms with van der Waals surface area (Å²) in [4.78, 5) is 21.6. The average Bonchev–Trinajstić information content (AvgIpc) is 3.21. The third-order valence-corrected chi connectivity index (χ3v) is 12.7. The predicted molar refractivity (Wildman–Crippen MR) is 261 cm³/mol. The van der Waals surface area contributed by atoms with Gasteiger partial charge in [0, 0.05) is 28.9 Å². The van der Waals surface area contributed by atoms with Crippen LogP contribution in [0.2, 0.25) is 0 Å². The van der Waals surface area contributed by atoms with Gasteiger partial charge in [-0.3, -0.25) is 0 Å². The van der Waals surface area contributed by atoms with Crippen LogP contribution in [0.5, 0.6) is 0 Å². The minimum atomic E-state index is 0. The second kappa shape index (κ2) is 20.8. The van der Waals surface area contributed by atoms with E-state index in [2.05, 4.69) is 149 Å². The van der Waals surface area contributed by atoms with Crippen LogP contribution >= 0.6 is 0 Å². The van der Waals surface area contributed by atoms with E-state index in [1.54, 1.807) is 0 Å². The number of likely N-dealkylation sites (tertiary alicyclic amines) is 1. The fourth-order valence-corrected chi connectivity index (χ4v) is 9.24. The smallest absolute Gasteiger partial charge is 0.138 e. The van der Waals surface area contributed by atoms with Gasteiger partial charge in [-0.25, -0.2) is 19.9 Å². The number of nitrogens with zero attached hydrogens (tertiary/aromatic N) is 5. The Morgan fingerprint density at radius 1 is 0.557 bits per heavy atom. The van der Waals surface area contributed by atoms with Gasteiger partial charge < -0.3 is 20.9 Å². The molecule has 6 aromatic rings. The van der Waals surface area contributed by atoms with Crippen molar-refractivity contribution < 1.29 is 0 Å². The largest absolute Gasteiger partial charge is 0.363 e. The zero-order chi connectivity index (χ0) is 41.8. The summed E-state index contributed by atoms with van der Waals surface area (Å²) >= 11 is 0. The molecule has 2 aliphatic heterocycles. The predicted octanol–water partition coefficient (Wildman–Crippen LogP) is 12.8. The van der Waals surface area contributed by atoms with Crippen LogP contribution in [0, 0.1) is 41.5 Å². The van der Waals surface area contributed by atoms with Crippen LogP contribution in [0.15, 0.2) is 72.8 Å². The van der Waals surface area contributed by atoms with E-state index in [4.69, 9.17) is 19.9 Å².